The number of aldehydes is 1. The van der Waals surface area contributed by atoms with Crippen LogP contribution in [0.15, 0.2) is 24.3 Å². The zero-order valence-corrected chi connectivity index (χ0v) is 10.7. The minimum Gasteiger partial charge on any atom is -0.369 e. The van der Waals surface area contributed by atoms with E-state index >= 15 is 0 Å². The van der Waals surface area contributed by atoms with Crippen molar-refractivity contribution >= 4 is 12.0 Å². The summed E-state index contributed by atoms with van der Waals surface area (Å²) in [7, 11) is 0. The maximum atomic E-state index is 10.8. The number of benzene rings is 1. The van der Waals surface area contributed by atoms with Crippen LogP contribution in [-0.2, 0) is 0 Å². The van der Waals surface area contributed by atoms with Gasteiger partial charge >= 0.3 is 0 Å². The van der Waals surface area contributed by atoms with Crippen molar-refractivity contribution in [3.63, 3.8) is 0 Å². The van der Waals surface area contributed by atoms with Gasteiger partial charge in [0.15, 0.2) is 0 Å². The van der Waals surface area contributed by atoms with Crippen LogP contribution in [0.25, 0.3) is 0 Å². The first-order valence-corrected chi connectivity index (χ1v) is 6.52. The number of anilines is 1. The lowest BCUT2D eigenvalue weighted by atomic mass is 10.0. The van der Waals surface area contributed by atoms with E-state index in [0.29, 0.717) is 6.04 Å². The highest BCUT2D eigenvalue weighted by atomic mass is 16.1. The van der Waals surface area contributed by atoms with E-state index in [9.17, 15) is 4.79 Å². The number of carbonyl (C=O) groups is 1. The van der Waals surface area contributed by atoms with Crippen LogP contribution in [0.5, 0.6) is 0 Å². The second-order valence-electron chi connectivity index (χ2n) is 5.33. The zero-order valence-electron chi connectivity index (χ0n) is 10.7. The Morgan fingerprint density at radius 2 is 2.29 bits per heavy atom. The third-order valence-electron chi connectivity index (χ3n) is 3.46. The molecule has 1 atom stereocenters. The summed E-state index contributed by atoms with van der Waals surface area (Å²) < 4.78 is 0. The molecule has 0 N–H and O–H groups in total. The van der Waals surface area contributed by atoms with Crippen LogP contribution in [0.4, 0.5) is 5.69 Å². The van der Waals surface area contributed by atoms with Crippen LogP contribution < -0.4 is 4.90 Å². The van der Waals surface area contributed by atoms with E-state index in [4.69, 9.17) is 0 Å². The van der Waals surface area contributed by atoms with Gasteiger partial charge in [-0.1, -0.05) is 26.0 Å². The molecule has 1 unspecified atom stereocenters. The lowest BCUT2D eigenvalue weighted by molar-refractivity contribution is 0.112. The SMILES string of the molecule is CC(C)CC1CCCN1c1cccc(C=O)c1. The molecule has 1 aliphatic rings. The van der Waals surface area contributed by atoms with Gasteiger partial charge in [-0.3, -0.25) is 4.79 Å². The number of carbonyl (C=O) groups excluding carboxylic acids is 1. The second kappa shape index (κ2) is 5.35. The fourth-order valence-corrected chi connectivity index (χ4v) is 2.74. The summed E-state index contributed by atoms with van der Waals surface area (Å²) >= 11 is 0. The van der Waals surface area contributed by atoms with Gasteiger partial charge in [-0.15, -0.1) is 0 Å². The third-order valence-corrected chi connectivity index (χ3v) is 3.46. The fourth-order valence-electron chi connectivity index (χ4n) is 2.74. The molecule has 2 rings (SSSR count). The van der Waals surface area contributed by atoms with Crippen molar-refractivity contribution in [1.82, 2.24) is 0 Å². The van der Waals surface area contributed by atoms with E-state index in [1.165, 1.54) is 24.9 Å². The van der Waals surface area contributed by atoms with Gasteiger partial charge in [0.25, 0.3) is 0 Å². The van der Waals surface area contributed by atoms with Gasteiger partial charge in [0, 0.05) is 23.8 Å². The summed E-state index contributed by atoms with van der Waals surface area (Å²) in [5.74, 6) is 0.731. The normalized spacial score (nSPS) is 19.9. The van der Waals surface area contributed by atoms with Crippen molar-refractivity contribution in [2.45, 2.75) is 39.2 Å². The average Bonchev–Trinajstić information content (AvgIpc) is 2.76. The highest BCUT2D eigenvalue weighted by Gasteiger charge is 2.25. The van der Waals surface area contributed by atoms with Crippen LogP contribution in [-0.4, -0.2) is 18.9 Å². The molecule has 1 fully saturated rings. The maximum absolute atomic E-state index is 10.8. The largest absolute Gasteiger partial charge is 0.369 e. The molecule has 1 aromatic rings. The van der Waals surface area contributed by atoms with Crippen molar-refractivity contribution < 1.29 is 4.79 Å². The molecule has 0 saturated carbocycles. The van der Waals surface area contributed by atoms with Crippen LogP contribution in [0, 0.1) is 5.92 Å². The first-order chi connectivity index (χ1) is 8.20. The topological polar surface area (TPSA) is 20.3 Å². The van der Waals surface area contributed by atoms with E-state index in [1.807, 2.05) is 18.2 Å². The Morgan fingerprint density at radius 1 is 1.47 bits per heavy atom. The highest BCUT2D eigenvalue weighted by molar-refractivity contribution is 5.77. The van der Waals surface area contributed by atoms with Crippen molar-refractivity contribution in [1.29, 1.82) is 0 Å². The van der Waals surface area contributed by atoms with Crippen molar-refractivity contribution in [2.75, 3.05) is 11.4 Å². The van der Waals surface area contributed by atoms with Gasteiger partial charge in [-0.2, -0.15) is 0 Å². The molecule has 0 aliphatic carbocycles. The Balaban J connectivity index is 2.16. The summed E-state index contributed by atoms with van der Waals surface area (Å²) in [5.41, 5.74) is 1.98. The van der Waals surface area contributed by atoms with E-state index in [0.717, 1.165) is 24.3 Å². The molecule has 1 aliphatic heterocycles. The van der Waals surface area contributed by atoms with Gasteiger partial charge in [-0.25, -0.2) is 0 Å². The number of rotatable bonds is 4. The molecule has 0 amide bonds. The molecule has 1 heterocycles. The smallest absolute Gasteiger partial charge is 0.150 e. The Hall–Kier alpha value is -1.31. The minimum absolute atomic E-state index is 0.650. The van der Waals surface area contributed by atoms with Crippen LogP contribution in [0.1, 0.15) is 43.5 Å². The summed E-state index contributed by atoms with van der Waals surface area (Å²) in [6.07, 6.45) is 4.72. The van der Waals surface area contributed by atoms with E-state index in [-0.39, 0.29) is 0 Å². The summed E-state index contributed by atoms with van der Waals surface area (Å²) in [6.45, 7) is 5.68. The molecular weight excluding hydrogens is 210 g/mol. The predicted molar refractivity (Wildman–Crippen MR) is 71.7 cm³/mol. The molecule has 0 bridgehead atoms. The minimum atomic E-state index is 0.650. The molecule has 2 heteroatoms. The molecule has 17 heavy (non-hydrogen) atoms. The Morgan fingerprint density at radius 3 is 3.00 bits per heavy atom. The molecule has 0 aromatic heterocycles. The van der Waals surface area contributed by atoms with Crippen LogP contribution >= 0.6 is 0 Å². The van der Waals surface area contributed by atoms with Gasteiger partial charge in [0.1, 0.15) is 6.29 Å². The van der Waals surface area contributed by atoms with Gasteiger partial charge < -0.3 is 4.90 Å². The second-order valence-corrected chi connectivity index (χ2v) is 5.33. The predicted octanol–water partition coefficient (Wildman–Crippen LogP) is 3.51. The fraction of sp³-hybridized carbons (Fsp3) is 0.533. The van der Waals surface area contributed by atoms with Gasteiger partial charge in [0.2, 0.25) is 0 Å². The monoisotopic (exact) mass is 231 g/mol. The lowest BCUT2D eigenvalue weighted by Gasteiger charge is -2.28. The van der Waals surface area contributed by atoms with Gasteiger partial charge in [0.05, 0.1) is 0 Å². The highest BCUT2D eigenvalue weighted by Crippen LogP contribution is 2.29. The number of hydrogen-bond donors (Lipinski definition) is 0. The summed E-state index contributed by atoms with van der Waals surface area (Å²) in [5, 5.41) is 0. The van der Waals surface area contributed by atoms with Crippen molar-refractivity contribution in [2.24, 2.45) is 5.92 Å². The first-order valence-electron chi connectivity index (χ1n) is 6.52. The molecule has 0 spiro atoms. The molecule has 92 valence electrons. The molecule has 2 nitrogen and oxygen atoms in total. The summed E-state index contributed by atoms with van der Waals surface area (Å²) in [4.78, 5) is 13.3. The maximum Gasteiger partial charge on any atom is 0.150 e. The zero-order chi connectivity index (χ0) is 12.3. The Labute approximate surface area is 104 Å². The third kappa shape index (κ3) is 2.87. The average molecular weight is 231 g/mol. The number of hydrogen-bond acceptors (Lipinski definition) is 2. The Kier molecular flexibility index (Phi) is 3.82. The molecule has 0 radical (unpaired) electrons. The Bertz CT molecular complexity index is 386. The molecule has 1 saturated heterocycles. The molecule has 1 aromatic carbocycles. The van der Waals surface area contributed by atoms with Crippen LogP contribution in [0.3, 0.4) is 0 Å². The molecular formula is C15H21NO. The van der Waals surface area contributed by atoms with E-state index < -0.39 is 0 Å². The van der Waals surface area contributed by atoms with Crippen molar-refractivity contribution in [3.05, 3.63) is 29.8 Å². The lowest BCUT2D eigenvalue weighted by Crippen LogP contribution is -2.30. The number of nitrogens with zero attached hydrogens (tertiary/aromatic N) is 1. The summed E-state index contributed by atoms with van der Waals surface area (Å²) in [6, 6.07) is 8.61. The van der Waals surface area contributed by atoms with Gasteiger partial charge in [-0.05, 0) is 37.3 Å². The van der Waals surface area contributed by atoms with Crippen molar-refractivity contribution in [3.8, 4) is 0 Å². The standard InChI is InChI=1S/C15H21NO/c1-12(2)9-14-7-4-8-16(14)15-6-3-5-13(10-15)11-17/h3,5-6,10-12,14H,4,7-9H2,1-2H3. The first kappa shape index (κ1) is 12.2. The van der Waals surface area contributed by atoms with E-state index in [1.54, 1.807) is 0 Å². The van der Waals surface area contributed by atoms with Crippen LogP contribution in [0.2, 0.25) is 0 Å². The van der Waals surface area contributed by atoms with E-state index in [2.05, 4.69) is 24.8 Å². The quantitative estimate of drug-likeness (QED) is 0.739.